The molecule has 1 aliphatic rings. The largest absolute Gasteiger partial charge is 0.395 e. The predicted octanol–water partition coefficient (Wildman–Crippen LogP) is 1.78. The van der Waals surface area contributed by atoms with E-state index in [-0.39, 0.29) is 12.5 Å². The lowest BCUT2D eigenvalue weighted by molar-refractivity contribution is -0.118. The fourth-order valence-corrected chi connectivity index (χ4v) is 2.29. The highest BCUT2D eigenvalue weighted by Gasteiger charge is 2.25. The number of hydrogen-bond acceptors (Lipinski definition) is 3. The number of carbonyl (C=O) groups is 1. The first-order valence-corrected chi connectivity index (χ1v) is 6.90. The highest BCUT2D eigenvalue weighted by Crippen LogP contribution is 2.24. The van der Waals surface area contributed by atoms with Crippen molar-refractivity contribution in [1.29, 1.82) is 0 Å². The van der Waals surface area contributed by atoms with Gasteiger partial charge >= 0.3 is 0 Å². The Morgan fingerprint density at radius 1 is 1.37 bits per heavy atom. The number of nitrogens with zero attached hydrogens (tertiary/aromatic N) is 1. The van der Waals surface area contributed by atoms with Crippen molar-refractivity contribution in [2.75, 3.05) is 25.0 Å². The third-order valence-electron chi connectivity index (χ3n) is 3.66. The van der Waals surface area contributed by atoms with Crippen LogP contribution in [0.1, 0.15) is 24.8 Å². The van der Waals surface area contributed by atoms with Crippen LogP contribution in [0.15, 0.2) is 24.3 Å². The summed E-state index contributed by atoms with van der Waals surface area (Å²) in [6, 6.07) is 8.25. The van der Waals surface area contributed by atoms with Crippen molar-refractivity contribution in [3.8, 4) is 0 Å². The number of benzene rings is 1. The average molecular weight is 262 g/mol. The van der Waals surface area contributed by atoms with Crippen molar-refractivity contribution < 1.29 is 9.90 Å². The maximum absolute atomic E-state index is 12.0. The molecule has 0 bridgehead atoms. The SMILES string of the molecule is Cc1ccc(NC(=O)CN(CCO)C2CCC2)cc1. The summed E-state index contributed by atoms with van der Waals surface area (Å²) in [5, 5.41) is 12.0. The molecule has 1 aromatic rings. The van der Waals surface area contributed by atoms with E-state index in [0.29, 0.717) is 19.1 Å². The van der Waals surface area contributed by atoms with Gasteiger partial charge in [0, 0.05) is 18.3 Å². The highest BCUT2D eigenvalue weighted by atomic mass is 16.3. The lowest BCUT2D eigenvalue weighted by Crippen LogP contribution is -2.45. The molecule has 1 amide bonds. The Hall–Kier alpha value is -1.39. The van der Waals surface area contributed by atoms with Crippen molar-refractivity contribution >= 4 is 11.6 Å². The summed E-state index contributed by atoms with van der Waals surface area (Å²) in [6.45, 7) is 3.06. The Morgan fingerprint density at radius 2 is 2.05 bits per heavy atom. The Bertz CT molecular complexity index is 413. The van der Waals surface area contributed by atoms with Crippen LogP contribution < -0.4 is 5.32 Å². The molecule has 4 heteroatoms. The molecule has 0 aromatic heterocycles. The molecule has 1 saturated carbocycles. The van der Waals surface area contributed by atoms with Crippen molar-refractivity contribution in [2.24, 2.45) is 0 Å². The second-order valence-electron chi connectivity index (χ2n) is 5.19. The third kappa shape index (κ3) is 4.04. The number of amides is 1. The molecule has 0 radical (unpaired) electrons. The Kier molecular flexibility index (Phi) is 4.93. The van der Waals surface area contributed by atoms with Crippen LogP contribution in [0.25, 0.3) is 0 Å². The van der Waals surface area contributed by atoms with Crippen LogP contribution >= 0.6 is 0 Å². The van der Waals surface area contributed by atoms with Crippen LogP contribution in [0.4, 0.5) is 5.69 Å². The number of anilines is 1. The van der Waals surface area contributed by atoms with Gasteiger partial charge in [0.25, 0.3) is 0 Å². The number of aliphatic hydroxyl groups excluding tert-OH is 1. The fourth-order valence-electron chi connectivity index (χ4n) is 2.29. The van der Waals surface area contributed by atoms with Gasteiger partial charge in [0.05, 0.1) is 13.2 Å². The minimum Gasteiger partial charge on any atom is -0.395 e. The molecule has 19 heavy (non-hydrogen) atoms. The van der Waals surface area contributed by atoms with Crippen LogP contribution in [0.3, 0.4) is 0 Å². The number of rotatable bonds is 6. The first-order valence-electron chi connectivity index (χ1n) is 6.90. The minimum atomic E-state index is -0.01000. The van der Waals surface area contributed by atoms with E-state index in [1.807, 2.05) is 31.2 Å². The molecule has 0 atom stereocenters. The Labute approximate surface area is 114 Å². The second-order valence-corrected chi connectivity index (χ2v) is 5.19. The van der Waals surface area contributed by atoms with Crippen molar-refractivity contribution in [3.63, 3.8) is 0 Å². The smallest absolute Gasteiger partial charge is 0.238 e. The summed E-state index contributed by atoms with van der Waals surface area (Å²) in [4.78, 5) is 14.1. The van der Waals surface area contributed by atoms with Gasteiger partial charge in [-0.2, -0.15) is 0 Å². The zero-order valence-corrected chi connectivity index (χ0v) is 11.4. The third-order valence-corrected chi connectivity index (χ3v) is 3.66. The number of hydrogen-bond donors (Lipinski definition) is 2. The van der Waals surface area contributed by atoms with E-state index in [0.717, 1.165) is 18.5 Å². The summed E-state index contributed by atoms with van der Waals surface area (Å²) in [5.41, 5.74) is 2.00. The highest BCUT2D eigenvalue weighted by molar-refractivity contribution is 5.92. The zero-order valence-electron chi connectivity index (χ0n) is 11.4. The molecular formula is C15H22N2O2. The molecule has 0 unspecified atom stereocenters. The maximum atomic E-state index is 12.0. The molecule has 2 rings (SSSR count). The van der Waals surface area contributed by atoms with Crippen molar-refractivity contribution in [1.82, 2.24) is 4.90 Å². The molecule has 2 N–H and O–H groups in total. The summed E-state index contributed by atoms with van der Waals surface area (Å²) >= 11 is 0. The molecule has 4 nitrogen and oxygen atoms in total. The van der Waals surface area contributed by atoms with Gasteiger partial charge in [-0.05, 0) is 31.9 Å². The lowest BCUT2D eigenvalue weighted by atomic mass is 9.91. The fraction of sp³-hybridized carbons (Fsp3) is 0.533. The zero-order chi connectivity index (χ0) is 13.7. The van der Waals surface area contributed by atoms with Gasteiger partial charge in [0.1, 0.15) is 0 Å². The average Bonchev–Trinajstić information content (AvgIpc) is 2.30. The summed E-state index contributed by atoms with van der Waals surface area (Å²) in [5.74, 6) is -0.01000. The molecule has 1 fully saturated rings. The molecule has 0 saturated heterocycles. The van der Waals surface area contributed by atoms with Gasteiger partial charge in [-0.25, -0.2) is 0 Å². The number of aliphatic hydroxyl groups is 1. The summed E-state index contributed by atoms with van der Waals surface area (Å²) in [6.07, 6.45) is 3.50. The maximum Gasteiger partial charge on any atom is 0.238 e. The first kappa shape index (κ1) is 14.0. The quantitative estimate of drug-likeness (QED) is 0.821. The molecule has 104 valence electrons. The van der Waals surface area contributed by atoms with E-state index in [4.69, 9.17) is 5.11 Å². The van der Waals surface area contributed by atoms with E-state index in [9.17, 15) is 4.79 Å². The van der Waals surface area contributed by atoms with Crippen LogP contribution in [-0.4, -0.2) is 41.7 Å². The van der Waals surface area contributed by atoms with Gasteiger partial charge in [-0.1, -0.05) is 24.1 Å². The van der Waals surface area contributed by atoms with Crippen LogP contribution in [-0.2, 0) is 4.79 Å². The van der Waals surface area contributed by atoms with E-state index in [2.05, 4.69) is 10.2 Å². The van der Waals surface area contributed by atoms with Gasteiger partial charge in [0.15, 0.2) is 0 Å². The number of carbonyl (C=O) groups excluding carboxylic acids is 1. The van der Waals surface area contributed by atoms with E-state index < -0.39 is 0 Å². The molecule has 0 heterocycles. The van der Waals surface area contributed by atoms with E-state index in [1.165, 1.54) is 12.0 Å². The van der Waals surface area contributed by atoms with E-state index in [1.54, 1.807) is 0 Å². The lowest BCUT2D eigenvalue weighted by Gasteiger charge is -2.36. The predicted molar refractivity (Wildman–Crippen MR) is 76.1 cm³/mol. The minimum absolute atomic E-state index is 0.01000. The van der Waals surface area contributed by atoms with Crippen LogP contribution in [0.5, 0.6) is 0 Å². The van der Waals surface area contributed by atoms with Crippen molar-refractivity contribution in [3.05, 3.63) is 29.8 Å². The standard InChI is InChI=1S/C15H22N2O2/c1-12-5-7-13(8-6-12)16-15(19)11-17(9-10-18)14-3-2-4-14/h5-8,14,18H,2-4,9-11H2,1H3,(H,16,19). The first-order chi connectivity index (χ1) is 9.19. The molecule has 1 aromatic carbocycles. The van der Waals surface area contributed by atoms with E-state index >= 15 is 0 Å². The monoisotopic (exact) mass is 262 g/mol. The number of aryl methyl sites for hydroxylation is 1. The summed E-state index contributed by atoms with van der Waals surface area (Å²) in [7, 11) is 0. The molecule has 1 aliphatic carbocycles. The summed E-state index contributed by atoms with van der Waals surface area (Å²) < 4.78 is 0. The Balaban J connectivity index is 1.86. The topological polar surface area (TPSA) is 52.6 Å². The van der Waals surface area contributed by atoms with Gasteiger partial charge < -0.3 is 10.4 Å². The molecular weight excluding hydrogens is 240 g/mol. The van der Waals surface area contributed by atoms with Crippen molar-refractivity contribution in [2.45, 2.75) is 32.2 Å². The van der Waals surface area contributed by atoms with Gasteiger partial charge in [-0.15, -0.1) is 0 Å². The Morgan fingerprint density at radius 3 is 2.58 bits per heavy atom. The van der Waals surface area contributed by atoms with Crippen LogP contribution in [0, 0.1) is 6.92 Å². The number of nitrogens with one attached hydrogen (secondary N) is 1. The van der Waals surface area contributed by atoms with Crippen LogP contribution in [0.2, 0.25) is 0 Å². The molecule has 0 spiro atoms. The second kappa shape index (κ2) is 6.68. The van der Waals surface area contributed by atoms with Gasteiger partial charge in [-0.3, -0.25) is 9.69 Å². The molecule has 0 aliphatic heterocycles. The normalized spacial score (nSPS) is 15.3. The van der Waals surface area contributed by atoms with Gasteiger partial charge in [0.2, 0.25) is 5.91 Å².